The van der Waals surface area contributed by atoms with E-state index < -0.39 is 0 Å². The van der Waals surface area contributed by atoms with Crippen LogP contribution in [-0.4, -0.2) is 23.5 Å². The van der Waals surface area contributed by atoms with Crippen LogP contribution < -0.4 is 10.6 Å². The third-order valence-electron chi connectivity index (χ3n) is 3.06. The normalized spacial score (nSPS) is 24.6. The average Bonchev–Trinajstić information content (AvgIpc) is 2.72. The molecule has 1 aliphatic rings. The van der Waals surface area contributed by atoms with Crippen LogP contribution in [0.2, 0.25) is 0 Å². The Bertz CT molecular complexity index is 391. The molecule has 2 unspecified atom stereocenters. The molecular formula is C12H19N3OS. The van der Waals surface area contributed by atoms with Gasteiger partial charge in [-0.05, 0) is 32.2 Å². The molecule has 2 atom stereocenters. The quantitative estimate of drug-likeness (QED) is 0.857. The van der Waals surface area contributed by atoms with Gasteiger partial charge in [0.25, 0.3) is 0 Å². The lowest BCUT2D eigenvalue weighted by molar-refractivity contribution is -0.124. The van der Waals surface area contributed by atoms with Crippen molar-refractivity contribution < 1.29 is 4.79 Å². The minimum atomic E-state index is -0.0280. The van der Waals surface area contributed by atoms with Crippen molar-refractivity contribution in [2.75, 3.05) is 6.54 Å². The van der Waals surface area contributed by atoms with Gasteiger partial charge in [0.15, 0.2) is 0 Å². The summed E-state index contributed by atoms with van der Waals surface area (Å²) in [4.78, 5) is 16.3. The zero-order chi connectivity index (χ0) is 12.3. The minimum Gasteiger partial charge on any atom is -0.348 e. The highest BCUT2D eigenvalue weighted by Gasteiger charge is 2.24. The van der Waals surface area contributed by atoms with E-state index in [4.69, 9.17) is 0 Å². The standard InChI is InChI=1S/C12H19N3OS/c1-8-3-4-13-10(5-8)12(16)14-6-11-15-9(2)7-17-11/h7-8,10,13H,3-6H2,1-2H3,(H,14,16). The van der Waals surface area contributed by atoms with Crippen LogP contribution in [0.15, 0.2) is 5.38 Å². The van der Waals surface area contributed by atoms with E-state index in [0.717, 1.165) is 30.1 Å². The fourth-order valence-electron chi connectivity index (χ4n) is 2.08. The number of thiazole rings is 1. The molecule has 1 aliphatic heterocycles. The van der Waals surface area contributed by atoms with Gasteiger partial charge in [-0.2, -0.15) is 0 Å². The van der Waals surface area contributed by atoms with Crippen molar-refractivity contribution in [3.05, 3.63) is 16.1 Å². The highest BCUT2D eigenvalue weighted by Crippen LogP contribution is 2.15. The molecule has 0 aromatic carbocycles. The van der Waals surface area contributed by atoms with Crippen molar-refractivity contribution in [1.82, 2.24) is 15.6 Å². The predicted octanol–water partition coefficient (Wildman–Crippen LogP) is 1.46. The molecule has 1 aromatic heterocycles. The summed E-state index contributed by atoms with van der Waals surface area (Å²) < 4.78 is 0. The number of aryl methyl sites for hydroxylation is 1. The van der Waals surface area contributed by atoms with Crippen LogP contribution >= 0.6 is 11.3 Å². The van der Waals surface area contributed by atoms with E-state index in [1.807, 2.05) is 12.3 Å². The monoisotopic (exact) mass is 253 g/mol. The Morgan fingerprint density at radius 2 is 2.53 bits per heavy atom. The molecule has 0 bridgehead atoms. The van der Waals surface area contributed by atoms with Gasteiger partial charge in [0.2, 0.25) is 5.91 Å². The third kappa shape index (κ3) is 3.51. The smallest absolute Gasteiger partial charge is 0.237 e. The fourth-order valence-corrected chi connectivity index (χ4v) is 2.79. The van der Waals surface area contributed by atoms with E-state index in [0.29, 0.717) is 12.5 Å². The second-order valence-corrected chi connectivity index (χ2v) is 5.68. The molecule has 1 aromatic rings. The van der Waals surface area contributed by atoms with Gasteiger partial charge in [0, 0.05) is 11.1 Å². The fraction of sp³-hybridized carbons (Fsp3) is 0.667. The molecule has 2 heterocycles. The Hall–Kier alpha value is -0.940. The van der Waals surface area contributed by atoms with Gasteiger partial charge in [-0.15, -0.1) is 11.3 Å². The van der Waals surface area contributed by atoms with Crippen molar-refractivity contribution in [2.45, 2.75) is 39.3 Å². The van der Waals surface area contributed by atoms with Crippen LogP contribution in [0.3, 0.4) is 0 Å². The maximum Gasteiger partial charge on any atom is 0.237 e. The third-order valence-corrected chi connectivity index (χ3v) is 4.03. The lowest BCUT2D eigenvalue weighted by atomic mass is 9.94. The van der Waals surface area contributed by atoms with Gasteiger partial charge in [-0.25, -0.2) is 4.98 Å². The molecule has 1 saturated heterocycles. The van der Waals surface area contributed by atoms with E-state index in [-0.39, 0.29) is 11.9 Å². The molecule has 0 saturated carbocycles. The Morgan fingerprint density at radius 3 is 3.18 bits per heavy atom. The highest BCUT2D eigenvalue weighted by molar-refractivity contribution is 7.09. The number of aromatic nitrogens is 1. The van der Waals surface area contributed by atoms with E-state index >= 15 is 0 Å². The molecule has 2 N–H and O–H groups in total. The number of carbonyl (C=O) groups is 1. The molecule has 4 nitrogen and oxygen atoms in total. The van der Waals surface area contributed by atoms with E-state index in [1.165, 1.54) is 0 Å². The zero-order valence-electron chi connectivity index (χ0n) is 10.3. The maximum absolute atomic E-state index is 11.9. The van der Waals surface area contributed by atoms with Gasteiger partial charge in [-0.3, -0.25) is 4.79 Å². The van der Waals surface area contributed by atoms with E-state index in [9.17, 15) is 4.79 Å². The first-order chi connectivity index (χ1) is 8.15. The number of nitrogens with one attached hydrogen (secondary N) is 2. The van der Waals surface area contributed by atoms with Crippen LogP contribution in [0.25, 0.3) is 0 Å². The molecule has 0 aliphatic carbocycles. The van der Waals surface area contributed by atoms with Crippen LogP contribution in [-0.2, 0) is 11.3 Å². The second kappa shape index (κ2) is 5.60. The highest BCUT2D eigenvalue weighted by atomic mass is 32.1. The van der Waals surface area contributed by atoms with Crippen LogP contribution in [0.5, 0.6) is 0 Å². The second-order valence-electron chi connectivity index (χ2n) is 4.74. The van der Waals surface area contributed by atoms with Crippen LogP contribution in [0.4, 0.5) is 0 Å². The Balaban J connectivity index is 1.80. The van der Waals surface area contributed by atoms with Crippen molar-refractivity contribution in [3.63, 3.8) is 0 Å². The van der Waals surface area contributed by atoms with Crippen molar-refractivity contribution in [2.24, 2.45) is 5.92 Å². The van der Waals surface area contributed by atoms with Crippen LogP contribution in [0.1, 0.15) is 30.5 Å². The lowest BCUT2D eigenvalue weighted by Gasteiger charge is -2.27. The first-order valence-electron chi connectivity index (χ1n) is 6.07. The molecule has 94 valence electrons. The van der Waals surface area contributed by atoms with Crippen molar-refractivity contribution in [3.8, 4) is 0 Å². The number of nitrogens with zero attached hydrogens (tertiary/aromatic N) is 1. The summed E-state index contributed by atoms with van der Waals surface area (Å²) in [6, 6.07) is -0.0280. The SMILES string of the molecule is Cc1csc(CNC(=O)C2CC(C)CCN2)n1. The predicted molar refractivity (Wildman–Crippen MR) is 68.9 cm³/mol. The summed E-state index contributed by atoms with van der Waals surface area (Å²) in [5.74, 6) is 0.735. The number of amides is 1. The van der Waals surface area contributed by atoms with Gasteiger partial charge in [0.05, 0.1) is 12.6 Å². The largest absolute Gasteiger partial charge is 0.348 e. The zero-order valence-corrected chi connectivity index (χ0v) is 11.1. The molecule has 17 heavy (non-hydrogen) atoms. The van der Waals surface area contributed by atoms with E-state index in [2.05, 4.69) is 22.5 Å². The summed E-state index contributed by atoms with van der Waals surface area (Å²) in [5, 5.41) is 9.19. The summed E-state index contributed by atoms with van der Waals surface area (Å²) in [6.45, 7) is 5.65. The Morgan fingerprint density at radius 1 is 1.71 bits per heavy atom. The molecule has 5 heteroatoms. The molecular weight excluding hydrogens is 234 g/mol. The van der Waals surface area contributed by atoms with Gasteiger partial charge < -0.3 is 10.6 Å². The summed E-state index contributed by atoms with van der Waals surface area (Å²) in [6.07, 6.45) is 2.10. The van der Waals surface area contributed by atoms with Crippen molar-refractivity contribution in [1.29, 1.82) is 0 Å². The molecule has 1 fully saturated rings. The van der Waals surface area contributed by atoms with E-state index in [1.54, 1.807) is 11.3 Å². The first kappa shape index (κ1) is 12.5. The number of rotatable bonds is 3. The molecule has 1 amide bonds. The number of carbonyl (C=O) groups excluding carboxylic acids is 1. The molecule has 2 rings (SSSR count). The first-order valence-corrected chi connectivity index (χ1v) is 6.95. The van der Waals surface area contributed by atoms with Crippen molar-refractivity contribution >= 4 is 17.2 Å². The topological polar surface area (TPSA) is 54.0 Å². The number of hydrogen-bond acceptors (Lipinski definition) is 4. The summed E-state index contributed by atoms with van der Waals surface area (Å²) in [7, 11) is 0. The average molecular weight is 253 g/mol. The lowest BCUT2D eigenvalue weighted by Crippen LogP contribution is -2.48. The van der Waals surface area contributed by atoms with Gasteiger partial charge >= 0.3 is 0 Å². The van der Waals surface area contributed by atoms with Gasteiger partial charge in [-0.1, -0.05) is 6.92 Å². The summed E-state index contributed by atoms with van der Waals surface area (Å²) in [5.41, 5.74) is 1.02. The Labute approximate surface area is 106 Å². The molecule has 0 spiro atoms. The number of hydrogen-bond donors (Lipinski definition) is 2. The number of piperidine rings is 1. The molecule has 0 radical (unpaired) electrons. The Kier molecular flexibility index (Phi) is 4.12. The minimum absolute atomic E-state index is 0.0280. The summed E-state index contributed by atoms with van der Waals surface area (Å²) >= 11 is 1.59. The maximum atomic E-state index is 11.9. The van der Waals surface area contributed by atoms with Gasteiger partial charge in [0.1, 0.15) is 5.01 Å². The van der Waals surface area contributed by atoms with Crippen LogP contribution in [0, 0.1) is 12.8 Å².